The summed E-state index contributed by atoms with van der Waals surface area (Å²) >= 11 is 0. The Hall–Kier alpha value is -1.54. The molecule has 1 amide bonds. The molecule has 8 heteroatoms. The van der Waals surface area contributed by atoms with Crippen LogP contribution in [0.1, 0.15) is 33.6 Å². The normalized spacial score (nSPS) is 21.8. The van der Waals surface area contributed by atoms with Crippen molar-refractivity contribution in [1.82, 2.24) is 25.3 Å². The van der Waals surface area contributed by atoms with Crippen LogP contribution in [0.3, 0.4) is 0 Å². The number of likely N-dealkylation sites (tertiary alicyclic amines) is 1. The highest BCUT2D eigenvalue weighted by molar-refractivity contribution is 5.80. The van der Waals surface area contributed by atoms with Gasteiger partial charge in [-0.05, 0) is 33.2 Å². The molecule has 2 fully saturated rings. The standard InChI is InChI=1S/C19H38N6O2/c1-5-23-11-13-24(14-12-23)16(3)15-21-18(20-4)22-17-7-9-25(10-8-17)19(26)27-6-2/h16-17H,5-15H2,1-4H3,(H2,20,21,22). The zero-order valence-corrected chi connectivity index (χ0v) is 17.5. The highest BCUT2D eigenvalue weighted by Gasteiger charge is 2.24. The van der Waals surface area contributed by atoms with E-state index >= 15 is 0 Å². The van der Waals surface area contributed by atoms with Crippen LogP contribution in [0.2, 0.25) is 0 Å². The summed E-state index contributed by atoms with van der Waals surface area (Å²) in [6, 6.07) is 0.818. The molecule has 0 aromatic heterocycles. The lowest BCUT2D eigenvalue weighted by Gasteiger charge is -2.38. The highest BCUT2D eigenvalue weighted by atomic mass is 16.6. The zero-order chi connectivity index (χ0) is 19.6. The summed E-state index contributed by atoms with van der Waals surface area (Å²) in [6.45, 7) is 14.8. The van der Waals surface area contributed by atoms with Crippen LogP contribution in [0.25, 0.3) is 0 Å². The molecule has 0 spiro atoms. The largest absolute Gasteiger partial charge is 0.450 e. The maximum Gasteiger partial charge on any atom is 0.409 e. The molecule has 2 aliphatic heterocycles. The molecule has 2 aliphatic rings. The number of ether oxygens (including phenoxy) is 1. The van der Waals surface area contributed by atoms with Gasteiger partial charge in [-0.15, -0.1) is 0 Å². The summed E-state index contributed by atoms with van der Waals surface area (Å²) < 4.78 is 5.08. The van der Waals surface area contributed by atoms with Gasteiger partial charge in [0.05, 0.1) is 6.61 Å². The molecule has 8 nitrogen and oxygen atoms in total. The van der Waals surface area contributed by atoms with Crippen molar-refractivity contribution >= 4 is 12.1 Å². The quantitative estimate of drug-likeness (QED) is 0.523. The second kappa shape index (κ2) is 11.3. The van der Waals surface area contributed by atoms with Gasteiger partial charge >= 0.3 is 6.09 Å². The van der Waals surface area contributed by atoms with Gasteiger partial charge in [0.2, 0.25) is 0 Å². The molecule has 27 heavy (non-hydrogen) atoms. The number of carbonyl (C=O) groups is 1. The lowest BCUT2D eigenvalue weighted by molar-refractivity contribution is 0.0962. The van der Waals surface area contributed by atoms with Gasteiger partial charge in [-0.25, -0.2) is 4.79 Å². The molecule has 2 rings (SSSR count). The Kier molecular flexibility index (Phi) is 9.14. The van der Waals surface area contributed by atoms with Crippen LogP contribution >= 0.6 is 0 Å². The smallest absolute Gasteiger partial charge is 0.409 e. The van der Waals surface area contributed by atoms with Crippen LogP contribution in [-0.4, -0.2) is 105 Å². The second-order valence-electron chi connectivity index (χ2n) is 7.38. The number of hydrogen-bond acceptors (Lipinski definition) is 5. The van der Waals surface area contributed by atoms with Crippen molar-refractivity contribution in [1.29, 1.82) is 0 Å². The number of carbonyl (C=O) groups excluding carboxylic acids is 1. The van der Waals surface area contributed by atoms with Crippen molar-refractivity contribution in [2.24, 2.45) is 4.99 Å². The summed E-state index contributed by atoms with van der Waals surface area (Å²) in [5, 5.41) is 6.98. The fourth-order valence-electron chi connectivity index (χ4n) is 3.70. The molecular formula is C19H38N6O2. The van der Waals surface area contributed by atoms with Crippen molar-refractivity contribution in [3.05, 3.63) is 0 Å². The second-order valence-corrected chi connectivity index (χ2v) is 7.38. The predicted molar refractivity (Wildman–Crippen MR) is 109 cm³/mol. The number of nitrogens with one attached hydrogen (secondary N) is 2. The zero-order valence-electron chi connectivity index (χ0n) is 17.5. The topological polar surface area (TPSA) is 72.4 Å². The van der Waals surface area contributed by atoms with Gasteiger partial charge in [-0.1, -0.05) is 6.92 Å². The predicted octanol–water partition coefficient (Wildman–Crippen LogP) is 0.798. The molecule has 0 bridgehead atoms. The van der Waals surface area contributed by atoms with Crippen LogP contribution in [0, 0.1) is 0 Å². The number of hydrogen-bond donors (Lipinski definition) is 2. The highest BCUT2D eigenvalue weighted by Crippen LogP contribution is 2.11. The van der Waals surface area contributed by atoms with E-state index in [1.54, 1.807) is 4.90 Å². The van der Waals surface area contributed by atoms with Crippen molar-refractivity contribution in [3.63, 3.8) is 0 Å². The minimum Gasteiger partial charge on any atom is -0.450 e. The van der Waals surface area contributed by atoms with Crippen molar-refractivity contribution in [3.8, 4) is 0 Å². The molecule has 0 saturated carbocycles. The molecule has 2 N–H and O–H groups in total. The number of piperidine rings is 1. The maximum absolute atomic E-state index is 11.8. The van der Waals surface area contributed by atoms with Crippen LogP contribution in [0.5, 0.6) is 0 Å². The van der Waals surface area contributed by atoms with Gasteiger partial charge in [0.15, 0.2) is 5.96 Å². The first-order chi connectivity index (χ1) is 13.1. The summed E-state index contributed by atoms with van der Waals surface area (Å²) in [7, 11) is 1.81. The lowest BCUT2D eigenvalue weighted by Crippen LogP contribution is -2.54. The van der Waals surface area contributed by atoms with Crippen LogP contribution in [0.15, 0.2) is 4.99 Å². The number of likely N-dealkylation sites (N-methyl/N-ethyl adjacent to an activating group) is 1. The third kappa shape index (κ3) is 6.84. The van der Waals surface area contributed by atoms with E-state index in [9.17, 15) is 4.79 Å². The average molecular weight is 383 g/mol. The van der Waals surface area contributed by atoms with Gasteiger partial charge in [-0.2, -0.15) is 0 Å². The molecule has 1 atom stereocenters. The Morgan fingerprint density at radius 3 is 2.37 bits per heavy atom. The summed E-state index contributed by atoms with van der Waals surface area (Å²) in [5.74, 6) is 0.851. The average Bonchev–Trinajstić information content (AvgIpc) is 2.71. The number of guanidine groups is 1. The molecule has 2 heterocycles. The van der Waals surface area contributed by atoms with E-state index in [0.717, 1.165) is 71.2 Å². The van der Waals surface area contributed by atoms with Gasteiger partial charge < -0.3 is 25.2 Å². The van der Waals surface area contributed by atoms with E-state index in [0.29, 0.717) is 18.7 Å². The van der Waals surface area contributed by atoms with Gasteiger partial charge in [-0.3, -0.25) is 9.89 Å². The Bertz CT molecular complexity index is 471. The SMILES string of the molecule is CCOC(=O)N1CCC(NC(=NC)NCC(C)N2CCN(CC)CC2)CC1. The summed E-state index contributed by atoms with van der Waals surface area (Å²) in [6.07, 6.45) is 1.62. The Morgan fingerprint density at radius 2 is 1.81 bits per heavy atom. The lowest BCUT2D eigenvalue weighted by atomic mass is 10.1. The minimum absolute atomic E-state index is 0.199. The van der Waals surface area contributed by atoms with Gasteiger partial charge in [0.25, 0.3) is 0 Å². The number of aliphatic imine (C=N–C) groups is 1. The minimum atomic E-state index is -0.199. The summed E-state index contributed by atoms with van der Waals surface area (Å²) in [5.41, 5.74) is 0. The van der Waals surface area contributed by atoms with E-state index in [4.69, 9.17) is 4.74 Å². The molecule has 0 aromatic rings. The first-order valence-electron chi connectivity index (χ1n) is 10.4. The first kappa shape index (κ1) is 21.8. The van der Waals surface area contributed by atoms with Gasteiger partial charge in [0, 0.05) is 64.9 Å². The Morgan fingerprint density at radius 1 is 1.15 bits per heavy atom. The van der Waals surface area contributed by atoms with E-state index < -0.39 is 0 Å². The monoisotopic (exact) mass is 382 g/mol. The molecular weight excluding hydrogens is 344 g/mol. The summed E-state index contributed by atoms with van der Waals surface area (Å²) in [4.78, 5) is 23.0. The van der Waals surface area contributed by atoms with Crippen molar-refractivity contribution in [2.75, 3.05) is 66.0 Å². The molecule has 0 aromatic carbocycles. The number of amides is 1. The van der Waals surface area contributed by atoms with E-state index in [1.165, 1.54) is 0 Å². The first-order valence-corrected chi connectivity index (χ1v) is 10.4. The fraction of sp³-hybridized carbons (Fsp3) is 0.895. The van der Waals surface area contributed by atoms with E-state index in [2.05, 4.69) is 39.3 Å². The fourth-order valence-corrected chi connectivity index (χ4v) is 3.70. The van der Waals surface area contributed by atoms with E-state index in [1.807, 2.05) is 14.0 Å². The Balaban J connectivity index is 1.68. The van der Waals surface area contributed by atoms with Crippen LogP contribution in [-0.2, 0) is 4.74 Å². The Labute approximate surface area is 164 Å². The number of piperazine rings is 1. The van der Waals surface area contributed by atoms with Crippen molar-refractivity contribution in [2.45, 2.75) is 45.7 Å². The number of nitrogens with zero attached hydrogens (tertiary/aromatic N) is 4. The van der Waals surface area contributed by atoms with Crippen LogP contribution in [0.4, 0.5) is 4.79 Å². The third-order valence-corrected chi connectivity index (χ3v) is 5.63. The molecule has 0 radical (unpaired) electrons. The molecule has 0 aliphatic carbocycles. The maximum atomic E-state index is 11.8. The molecule has 156 valence electrons. The van der Waals surface area contributed by atoms with E-state index in [-0.39, 0.29) is 6.09 Å². The third-order valence-electron chi connectivity index (χ3n) is 5.63. The van der Waals surface area contributed by atoms with Gasteiger partial charge in [0.1, 0.15) is 0 Å². The number of rotatable bonds is 6. The molecule has 1 unspecified atom stereocenters. The van der Waals surface area contributed by atoms with Crippen LogP contribution < -0.4 is 10.6 Å². The molecule has 2 saturated heterocycles. The van der Waals surface area contributed by atoms with Crippen molar-refractivity contribution < 1.29 is 9.53 Å².